The second-order valence-corrected chi connectivity index (χ2v) is 4.71. The summed E-state index contributed by atoms with van der Waals surface area (Å²) < 4.78 is 7.10. The number of hydrogen-bond donors (Lipinski definition) is 1. The van der Waals surface area contributed by atoms with Crippen LogP contribution in [0.25, 0.3) is 11.3 Å². The largest absolute Gasteiger partial charge is 0.444 e. The summed E-state index contributed by atoms with van der Waals surface area (Å²) in [5.41, 5.74) is 4.34. The Hall–Kier alpha value is -2.56. The van der Waals surface area contributed by atoms with Crippen molar-refractivity contribution in [2.75, 3.05) is 5.32 Å². The molecule has 0 saturated carbocycles. The van der Waals surface area contributed by atoms with E-state index in [-0.39, 0.29) is 0 Å². The number of nitrogens with one attached hydrogen (secondary N) is 1. The zero-order chi connectivity index (χ0) is 13.9. The van der Waals surface area contributed by atoms with Gasteiger partial charge in [0.2, 0.25) is 0 Å². The van der Waals surface area contributed by atoms with Crippen molar-refractivity contribution in [2.24, 2.45) is 7.05 Å². The Morgan fingerprint density at radius 2 is 2.05 bits per heavy atom. The van der Waals surface area contributed by atoms with Crippen molar-refractivity contribution in [1.29, 1.82) is 0 Å². The summed E-state index contributed by atoms with van der Waals surface area (Å²) in [5, 5.41) is 7.72. The minimum atomic E-state index is 0.765. The maximum Gasteiger partial charge on any atom is 0.181 e. The molecule has 0 radical (unpaired) electrons. The zero-order valence-electron chi connectivity index (χ0n) is 11.5. The van der Waals surface area contributed by atoms with E-state index < -0.39 is 0 Å². The van der Waals surface area contributed by atoms with E-state index in [1.165, 1.54) is 12.0 Å². The molecule has 5 nitrogen and oxygen atoms in total. The van der Waals surface area contributed by atoms with Crippen LogP contribution in [-0.2, 0) is 13.6 Å². The summed E-state index contributed by atoms with van der Waals surface area (Å²) in [6.45, 7) is 2.78. The highest BCUT2D eigenvalue weighted by Gasteiger charge is 2.04. The average Bonchev–Trinajstić information content (AvgIpc) is 3.07. The molecule has 3 aromatic rings. The Morgan fingerprint density at radius 1 is 1.25 bits per heavy atom. The standard InChI is InChI=1S/C15H16N4O/c1-11-13(9-19(2)18-11)7-17-14-5-3-12(4-6-14)15-8-16-10-20-15/h3-6,8-10,17H,7H2,1-2H3. The summed E-state index contributed by atoms with van der Waals surface area (Å²) in [4.78, 5) is 3.92. The molecule has 2 heterocycles. The highest BCUT2D eigenvalue weighted by Crippen LogP contribution is 2.21. The van der Waals surface area contributed by atoms with Crippen LogP contribution < -0.4 is 5.32 Å². The molecule has 0 fully saturated rings. The van der Waals surface area contributed by atoms with Crippen molar-refractivity contribution in [3.63, 3.8) is 0 Å². The summed E-state index contributed by atoms with van der Waals surface area (Å²) >= 11 is 0. The van der Waals surface area contributed by atoms with E-state index in [1.807, 2.05) is 49.1 Å². The van der Waals surface area contributed by atoms with Crippen molar-refractivity contribution in [1.82, 2.24) is 14.8 Å². The quantitative estimate of drug-likeness (QED) is 0.790. The van der Waals surface area contributed by atoms with Crippen molar-refractivity contribution in [3.8, 4) is 11.3 Å². The van der Waals surface area contributed by atoms with Crippen molar-refractivity contribution < 1.29 is 4.42 Å². The predicted molar refractivity (Wildman–Crippen MR) is 77.2 cm³/mol. The third-order valence-electron chi connectivity index (χ3n) is 3.20. The Labute approximate surface area is 117 Å². The molecular weight excluding hydrogens is 252 g/mol. The molecule has 1 N–H and O–H groups in total. The first kappa shape index (κ1) is 12.5. The molecule has 0 unspecified atom stereocenters. The molecule has 0 atom stereocenters. The molecule has 0 saturated heterocycles. The van der Waals surface area contributed by atoms with Crippen LogP contribution in [0.1, 0.15) is 11.3 Å². The third kappa shape index (κ3) is 2.56. The van der Waals surface area contributed by atoms with Crippen molar-refractivity contribution in [3.05, 3.63) is 54.3 Å². The van der Waals surface area contributed by atoms with E-state index in [4.69, 9.17) is 4.42 Å². The Morgan fingerprint density at radius 3 is 2.65 bits per heavy atom. The van der Waals surface area contributed by atoms with Crippen LogP contribution in [0.5, 0.6) is 0 Å². The summed E-state index contributed by atoms with van der Waals surface area (Å²) in [7, 11) is 1.93. The lowest BCUT2D eigenvalue weighted by Crippen LogP contribution is -1.99. The number of nitrogens with zero attached hydrogens (tertiary/aromatic N) is 3. The summed E-state index contributed by atoms with van der Waals surface area (Å²) in [6, 6.07) is 8.09. The van der Waals surface area contributed by atoms with Gasteiger partial charge < -0.3 is 9.73 Å². The summed E-state index contributed by atoms with van der Waals surface area (Å²) in [6.07, 6.45) is 5.18. The topological polar surface area (TPSA) is 55.9 Å². The second kappa shape index (κ2) is 5.21. The van der Waals surface area contributed by atoms with E-state index in [1.54, 1.807) is 6.20 Å². The van der Waals surface area contributed by atoms with Gasteiger partial charge in [0.25, 0.3) is 0 Å². The lowest BCUT2D eigenvalue weighted by Gasteiger charge is -2.06. The molecular formula is C15H16N4O. The molecule has 0 aliphatic rings. The minimum absolute atomic E-state index is 0.765. The Bertz CT molecular complexity index is 683. The number of rotatable bonds is 4. The van der Waals surface area contributed by atoms with E-state index in [9.17, 15) is 0 Å². The fourth-order valence-corrected chi connectivity index (χ4v) is 2.13. The number of benzene rings is 1. The molecule has 3 rings (SSSR count). The Kier molecular flexibility index (Phi) is 3.25. The van der Waals surface area contributed by atoms with Gasteiger partial charge in [0, 0.05) is 36.6 Å². The molecule has 0 bridgehead atoms. The van der Waals surface area contributed by atoms with Gasteiger partial charge >= 0.3 is 0 Å². The molecule has 102 valence electrons. The van der Waals surface area contributed by atoms with Gasteiger partial charge in [0.1, 0.15) is 0 Å². The van der Waals surface area contributed by atoms with Crippen LogP contribution in [0, 0.1) is 6.92 Å². The first-order valence-electron chi connectivity index (χ1n) is 6.44. The van der Waals surface area contributed by atoms with Gasteiger partial charge in [-0.25, -0.2) is 4.98 Å². The number of aryl methyl sites for hydroxylation is 2. The van der Waals surface area contributed by atoms with Crippen molar-refractivity contribution >= 4 is 5.69 Å². The van der Waals surface area contributed by atoms with Gasteiger partial charge in [-0.3, -0.25) is 4.68 Å². The van der Waals surface area contributed by atoms with Crippen LogP contribution >= 0.6 is 0 Å². The molecule has 2 aromatic heterocycles. The van der Waals surface area contributed by atoms with E-state index in [0.717, 1.165) is 29.2 Å². The highest BCUT2D eigenvalue weighted by molar-refractivity contribution is 5.60. The molecule has 0 aliphatic heterocycles. The third-order valence-corrected chi connectivity index (χ3v) is 3.20. The lowest BCUT2D eigenvalue weighted by atomic mass is 10.1. The molecule has 20 heavy (non-hydrogen) atoms. The number of anilines is 1. The molecule has 0 aliphatic carbocycles. The van der Waals surface area contributed by atoms with E-state index in [0.29, 0.717) is 0 Å². The van der Waals surface area contributed by atoms with Gasteiger partial charge in [-0.2, -0.15) is 5.10 Å². The minimum Gasteiger partial charge on any atom is -0.444 e. The lowest BCUT2D eigenvalue weighted by molar-refractivity contribution is 0.572. The van der Waals surface area contributed by atoms with Crippen LogP contribution in [0.3, 0.4) is 0 Å². The first-order chi connectivity index (χ1) is 9.72. The van der Waals surface area contributed by atoms with Crippen LogP contribution in [0.2, 0.25) is 0 Å². The molecule has 0 spiro atoms. The smallest absolute Gasteiger partial charge is 0.181 e. The zero-order valence-corrected chi connectivity index (χ0v) is 11.5. The number of aromatic nitrogens is 3. The van der Waals surface area contributed by atoms with Crippen molar-refractivity contribution in [2.45, 2.75) is 13.5 Å². The molecule has 0 amide bonds. The maximum atomic E-state index is 5.26. The fraction of sp³-hybridized carbons (Fsp3) is 0.200. The second-order valence-electron chi connectivity index (χ2n) is 4.71. The summed E-state index contributed by atoms with van der Waals surface area (Å²) in [5.74, 6) is 0.777. The molecule has 5 heteroatoms. The van der Waals surface area contributed by atoms with Gasteiger partial charge in [-0.15, -0.1) is 0 Å². The first-order valence-corrected chi connectivity index (χ1v) is 6.44. The number of oxazole rings is 1. The predicted octanol–water partition coefficient (Wildman–Crippen LogP) is 3.00. The van der Waals surface area contributed by atoms with Crippen LogP contribution in [0.4, 0.5) is 5.69 Å². The van der Waals surface area contributed by atoms with E-state index in [2.05, 4.69) is 15.4 Å². The fourth-order valence-electron chi connectivity index (χ4n) is 2.13. The van der Waals surface area contributed by atoms with E-state index >= 15 is 0 Å². The van der Waals surface area contributed by atoms with Crippen LogP contribution in [-0.4, -0.2) is 14.8 Å². The Balaban J connectivity index is 1.68. The monoisotopic (exact) mass is 268 g/mol. The highest BCUT2D eigenvalue weighted by atomic mass is 16.3. The molecule has 1 aromatic carbocycles. The normalized spacial score (nSPS) is 10.7. The maximum absolute atomic E-state index is 5.26. The van der Waals surface area contributed by atoms with Gasteiger partial charge in [-0.1, -0.05) is 0 Å². The number of hydrogen-bond acceptors (Lipinski definition) is 4. The SMILES string of the molecule is Cc1nn(C)cc1CNc1ccc(-c2cnco2)cc1. The van der Waals surface area contributed by atoms with Crippen LogP contribution in [0.15, 0.2) is 47.5 Å². The van der Waals surface area contributed by atoms with Gasteiger partial charge in [-0.05, 0) is 31.2 Å². The average molecular weight is 268 g/mol. The van der Waals surface area contributed by atoms with Gasteiger partial charge in [0.15, 0.2) is 12.2 Å². The van der Waals surface area contributed by atoms with Gasteiger partial charge in [0.05, 0.1) is 11.9 Å².